The van der Waals surface area contributed by atoms with Crippen LogP contribution in [-0.2, 0) is 16.0 Å². The first-order valence-corrected chi connectivity index (χ1v) is 9.03. The van der Waals surface area contributed by atoms with Crippen LogP contribution in [0.15, 0.2) is 24.3 Å². The summed E-state index contributed by atoms with van der Waals surface area (Å²) in [6.45, 7) is 6.50. The van der Waals surface area contributed by atoms with Crippen molar-refractivity contribution < 1.29 is 13.9 Å². The SMILES string of the molecule is O=C(Cc1cccc(F)c1)N1CCCC(CN2CCOCC2)CC1. The smallest absolute Gasteiger partial charge is 0.226 e. The molecule has 0 aromatic heterocycles. The van der Waals surface area contributed by atoms with Crippen LogP contribution in [0.2, 0.25) is 0 Å². The Morgan fingerprint density at radius 3 is 2.79 bits per heavy atom. The fourth-order valence-corrected chi connectivity index (χ4v) is 3.68. The van der Waals surface area contributed by atoms with Gasteiger partial charge in [0.15, 0.2) is 0 Å². The minimum atomic E-state index is -0.276. The third-order valence-electron chi connectivity index (χ3n) is 5.06. The average Bonchev–Trinajstić information content (AvgIpc) is 2.81. The van der Waals surface area contributed by atoms with Gasteiger partial charge >= 0.3 is 0 Å². The lowest BCUT2D eigenvalue weighted by Gasteiger charge is -2.30. The molecule has 132 valence electrons. The number of carbonyl (C=O) groups excluding carboxylic acids is 1. The summed E-state index contributed by atoms with van der Waals surface area (Å²) in [6, 6.07) is 6.35. The molecular formula is C19H27FN2O2. The number of halogens is 1. The van der Waals surface area contributed by atoms with Crippen LogP contribution in [0.25, 0.3) is 0 Å². The first-order chi connectivity index (χ1) is 11.7. The van der Waals surface area contributed by atoms with E-state index in [0.29, 0.717) is 12.3 Å². The Bertz CT molecular complexity index is 546. The standard InChI is InChI=1S/C19H27FN2O2/c20-18-5-1-3-17(13-18)14-19(23)22-7-2-4-16(6-8-22)15-21-9-11-24-12-10-21/h1,3,5,13,16H,2,4,6-12,14-15H2. The molecule has 0 spiro atoms. The Kier molecular flexibility index (Phi) is 6.21. The van der Waals surface area contributed by atoms with Crippen LogP contribution in [0.1, 0.15) is 24.8 Å². The maximum absolute atomic E-state index is 13.3. The van der Waals surface area contributed by atoms with Gasteiger partial charge in [-0.3, -0.25) is 9.69 Å². The molecule has 0 aliphatic carbocycles. The maximum Gasteiger partial charge on any atom is 0.226 e. The summed E-state index contributed by atoms with van der Waals surface area (Å²) in [6.07, 6.45) is 3.60. The number of benzene rings is 1. The monoisotopic (exact) mass is 334 g/mol. The number of likely N-dealkylation sites (tertiary alicyclic amines) is 1. The maximum atomic E-state index is 13.3. The minimum absolute atomic E-state index is 0.118. The van der Waals surface area contributed by atoms with Gasteiger partial charge < -0.3 is 9.64 Å². The summed E-state index contributed by atoms with van der Waals surface area (Å²) in [7, 11) is 0. The summed E-state index contributed by atoms with van der Waals surface area (Å²) in [5, 5.41) is 0. The molecule has 2 fully saturated rings. The van der Waals surface area contributed by atoms with Gasteiger partial charge in [-0.05, 0) is 42.9 Å². The van der Waals surface area contributed by atoms with Crippen LogP contribution in [0.4, 0.5) is 4.39 Å². The highest BCUT2D eigenvalue weighted by molar-refractivity contribution is 5.78. The van der Waals surface area contributed by atoms with E-state index in [-0.39, 0.29) is 11.7 Å². The first-order valence-electron chi connectivity index (χ1n) is 9.03. The van der Waals surface area contributed by atoms with Crippen molar-refractivity contribution >= 4 is 5.91 Å². The summed E-state index contributed by atoms with van der Waals surface area (Å²) >= 11 is 0. The molecule has 2 saturated heterocycles. The second-order valence-electron chi connectivity index (χ2n) is 6.90. The first kappa shape index (κ1) is 17.4. The third kappa shape index (κ3) is 5.02. The predicted octanol–water partition coefficient (Wildman–Crippen LogP) is 2.33. The molecule has 1 aromatic rings. The molecule has 24 heavy (non-hydrogen) atoms. The molecule has 0 bridgehead atoms. The van der Waals surface area contributed by atoms with Gasteiger partial charge in [0.2, 0.25) is 5.91 Å². The summed E-state index contributed by atoms with van der Waals surface area (Å²) in [5.41, 5.74) is 0.758. The highest BCUT2D eigenvalue weighted by atomic mass is 19.1. The van der Waals surface area contributed by atoms with E-state index in [9.17, 15) is 9.18 Å². The van der Waals surface area contributed by atoms with Crippen molar-refractivity contribution in [3.05, 3.63) is 35.6 Å². The quantitative estimate of drug-likeness (QED) is 0.847. The second kappa shape index (κ2) is 8.58. The van der Waals surface area contributed by atoms with Gasteiger partial charge in [0.05, 0.1) is 19.6 Å². The number of hydrogen-bond donors (Lipinski definition) is 0. The van der Waals surface area contributed by atoms with E-state index in [4.69, 9.17) is 4.74 Å². The van der Waals surface area contributed by atoms with Gasteiger partial charge in [0, 0.05) is 32.7 Å². The van der Waals surface area contributed by atoms with Crippen LogP contribution < -0.4 is 0 Å². The second-order valence-corrected chi connectivity index (χ2v) is 6.90. The Morgan fingerprint density at radius 2 is 2.00 bits per heavy atom. The molecule has 2 heterocycles. The molecule has 0 radical (unpaired) electrons. The minimum Gasteiger partial charge on any atom is -0.379 e. The Labute approximate surface area is 143 Å². The number of nitrogens with zero attached hydrogens (tertiary/aromatic N) is 2. The van der Waals surface area contributed by atoms with Gasteiger partial charge in [-0.2, -0.15) is 0 Å². The highest BCUT2D eigenvalue weighted by Gasteiger charge is 2.23. The fourth-order valence-electron chi connectivity index (χ4n) is 3.68. The molecule has 2 aliphatic rings. The van der Waals surface area contributed by atoms with E-state index < -0.39 is 0 Å². The van der Waals surface area contributed by atoms with E-state index in [2.05, 4.69) is 4.90 Å². The normalized spacial score (nSPS) is 23.0. The molecule has 4 nitrogen and oxygen atoms in total. The van der Waals surface area contributed by atoms with Crippen molar-refractivity contribution in [3.8, 4) is 0 Å². The van der Waals surface area contributed by atoms with Gasteiger partial charge in [-0.25, -0.2) is 4.39 Å². The predicted molar refractivity (Wildman–Crippen MR) is 91.3 cm³/mol. The molecule has 3 rings (SSSR count). The number of rotatable bonds is 4. The molecule has 1 amide bonds. The zero-order chi connectivity index (χ0) is 16.8. The molecule has 0 saturated carbocycles. The largest absolute Gasteiger partial charge is 0.379 e. The zero-order valence-electron chi connectivity index (χ0n) is 14.3. The van der Waals surface area contributed by atoms with E-state index in [0.717, 1.165) is 64.3 Å². The number of ether oxygens (including phenoxy) is 1. The summed E-state index contributed by atoms with van der Waals surface area (Å²) in [4.78, 5) is 17.0. The van der Waals surface area contributed by atoms with Crippen LogP contribution in [0, 0.1) is 11.7 Å². The Balaban J connectivity index is 1.48. The van der Waals surface area contributed by atoms with Crippen LogP contribution in [-0.4, -0.2) is 61.6 Å². The van der Waals surface area contributed by atoms with Crippen molar-refractivity contribution in [3.63, 3.8) is 0 Å². The van der Waals surface area contributed by atoms with Gasteiger partial charge in [0.25, 0.3) is 0 Å². The van der Waals surface area contributed by atoms with Crippen LogP contribution in [0.5, 0.6) is 0 Å². The number of morpholine rings is 1. The molecule has 1 atom stereocenters. The third-order valence-corrected chi connectivity index (χ3v) is 5.06. The lowest BCUT2D eigenvalue weighted by Crippen LogP contribution is -2.39. The molecule has 5 heteroatoms. The lowest BCUT2D eigenvalue weighted by molar-refractivity contribution is -0.130. The van der Waals surface area contributed by atoms with E-state index >= 15 is 0 Å². The molecule has 2 aliphatic heterocycles. The van der Waals surface area contributed by atoms with E-state index in [1.165, 1.54) is 18.6 Å². The average molecular weight is 334 g/mol. The van der Waals surface area contributed by atoms with Crippen molar-refractivity contribution in [1.82, 2.24) is 9.80 Å². The topological polar surface area (TPSA) is 32.8 Å². The zero-order valence-corrected chi connectivity index (χ0v) is 14.3. The summed E-state index contributed by atoms with van der Waals surface area (Å²) < 4.78 is 18.7. The van der Waals surface area contributed by atoms with Gasteiger partial charge in [-0.15, -0.1) is 0 Å². The van der Waals surface area contributed by atoms with Crippen molar-refractivity contribution in [1.29, 1.82) is 0 Å². The number of hydrogen-bond acceptors (Lipinski definition) is 3. The van der Waals surface area contributed by atoms with Crippen molar-refractivity contribution in [2.75, 3.05) is 45.9 Å². The van der Waals surface area contributed by atoms with Crippen molar-refractivity contribution in [2.24, 2.45) is 5.92 Å². The highest BCUT2D eigenvalue weighted by Crippen LogP contribution is 2.20. The summed E-state index contributed by atoms with van der Waals surface area (Å²) in [5.74, 6) is 0.504. The van der Waals surface area contributed by atoms with Crippen LogP contribution >= 0.6 is 0 Å². The molecule has 1 aromatic carbocycles. The number of carbonyl (C=O) groups is 1. The fraction of sp³-hybridized carbons (Fsp3) is 0.632. The van der Waals surface area contributed by atoms with Crippen LogP contribution in [0.3, 0.4) is 0 Å². The molecular weight excluding hydrogens is 307 g/mol. The van der Waals surface area contributed by atoms with Gasteiger partial charge in [0.1, 0.15) is 5.82 Å². The Hall–Kier alpha value is -1.46. The molecule has 0 N–H and O–H groups in total. The van der Waals surface area contributed by atoms with Crippen molar-refractivity contribution in [2.45, 2.75) is 25.7 Å². The Morgan fingerprint density at radius 1 is 1.17 bits per heavy atom. The van der Waals surface area contributed by atoms with E-state index in [1.807, 2.05) is 11.0 Å². The van der Waals surface area contributed by atoms with E-state index in [1.54, 1.807) is 6.07 Å². The molecule has 1 unspecified atom stereocenters. The van der Waals surface area contributed by atoms with Gasteiger partial charge in [-0.1, -0.05) is 12.1 Å². The lowest BCUT2D eigenvalue weighted by atomic mass is 10.00. The number of amides is 1.